The van der Waals surface area contributed by atoms with Crippen LogP contribution in [0.1, 0.15) is 24.5 Å². The topological polar surface area (TPSA) is 46.2 Å². The smallest absolute Gasteiger partial charge is 0.123 e. The van der Waals surface area contributed by atoms with E-state index in [9.17, 15) is 9.50 Å². The quantitative estimate of drug-likeness (QED) is 0.805. The maximum absolute atomic E-state index is 13.1. The molecule has 0 saturated carbocycles. The Bertz CT molecular complexity index is 340. The molecule has 0 radical (unpaired) electrons. The molecule has 0 fully saturated rings. The highest BCUT2D eigenvalue weighted by molar-refractivity contribution is 5.27. The molecule has 0 bridgehead atoms. The van der Waals surface area contributed by atoms with Gasteiger partial charge >= 0.3 is 0 Å². The summed E-state index contributed by atoms with van der Waals surface area (Å²) in [5.41, 5.74) is 7.36. The number of benzene rings is 1. The van der Waals surface area contributed by atoms with Gasteiger partial charge in [-0.3, -0.25) is 0 Å². The van der Waals surface area contributed by atoms with Gasteiger partial charge in [-0.25, -0.2) is 4.39 Å². The van der Waals surface area contributed by atoms with Crippen LogP contribution < -0.4 is 5.73 Å². The van der Waals surface area contributed by atoms with E-state index in [4.69, 9.17) is 5.73 Å². The van der Waals surface area contributed by atoms with E-state index in [1.54, 1.807) is 6.07 Å². The van der Waals surface area contributed by atoms with Crippen LogP contribution >= 0.6 is 0 Å². The number of aryl methyl sites for hydroxylation is 1. The minimum atomic E-state index is -0.321. The summed E-state index contributed by atoms with van der Waals surface area (Å²) in [7, 11) is 0. The lowest BCUT2D eigenvalue weighted by Gasteiger charge is -2.29. The molecule has 0 aliphatic carbocycles. The van der Waals surface area contributed by atoms with Crippen molar-refractivity contribution in [3.63, 3.8) is 0 Å². The minimum absolute atomic E-state index is 0.0377. The van der Waals surface area contributed by atoms with Crippen LogP contribution in [0.2, 0.25) is 0 Å². The van der Waals surface area contributed by atoms with Gasteiger partial charge in [0, 0.05) is 12.0 Å². The highest BCUT2D eigenvalue weighted by Crippen LogP contribution is 2.27. The molecule has 0 aliphatic heterocycles. The first-order chi connectivity index (χ1) is 7.56. The van der Waals surface area contributed by atoms with Gasteiger partial charge in [-0.2, -0.15) is 0 Å². The standard InChI is InChI=1S/C13H20FNO/c1-3-13(8-15,9-16)7-11-6-12(14)5-4-10(11)2/h4-6,16H,3,7-9,15H2,1-2H3. The number of aliphatic hydroxyl groups excluding tert-OH is 1. The second kappa shape index (κ2) is 5.41. The number of hydrogen-bond acceptors (Lipinski definition) is 2. The molecule has 1 atom stereocenters. The van der Waals surface area contributed by atoms with Crippen molar-refractivity contribution in [3.8, 4) is 0 Å². The third-order valence-corrected chi connectivity index (χ3v) is 3.40. The first-order valence-electron chi connectivity index (χ1n) is 5.63. The summed E-state index contributed by atoms with van der Waals surface area (Å²) in [6, 6.07) is 4.75. The summed E-state index contributed by atoms with van der Waals surface area (Å²) in [6.45, 7) is 4.40. The Morgan fingerprint density at radius 2 is 2.12 bits per heavy atom. The highest BCUT2D eigenvalue weighted by Gasteiger charge is 2.26. The van der Waals surface area contributed by atoms with Gasteiger partial charge in [0.1, 0.15) is 5.82 Å². The SMILES string of the molecule is CCC(CN)(CO)Cc1cc(F)ccc1C. The molecule has 1 aromatic carbocycles. The molecule has 0 saturated heterocycles. The average molecular weight is 225 g/mol. The van der Waals surface area contributed by atoms with E-state index >= 15 is 0 Å². The van der Waals surface area contributed by atoms with Gasteiger partial charge in [-0.15, -0.1) is 0 Å². The number of aliphatic hydroxyl groups is 1. The third kappa shape index (κ3) is 2.80. The molecule has 3 N–H and O–H groups in total. The van der Waals surface area contributed by atoms with Crippen molar-refractivity contribution < 1.29 is 9.50 Å². The fourth-order valence-corrected chi connectivity index (χ4v) is 1.81. The molecule has 0 aromatic heterocycles. The fraction of sp³-hybridized carbons (Fsp3) is 0.538. The van der Waals surface area contributed by atoms with Gasteiger partial charge in [0.25, 0.3) is 0 Å². The van der Waals surface area contributed by atoms with E-state index in [-0.39, 0.29) is 17.8 Å². The van der Waals surface area contributed by atoms with E-state index in [0.717, 1.165) is 17.5 Å². The lowest BCUT2D eigenvalue weighted by molar-refractivity contribution is 0.127. The third-order valence-electron chi connectivity index (χ3n) is 3.40. The predicted octanol–water partition coefficient (Wildman–Crippen LogP) is 2.02. The van der Waals surface area contributed by atoms with Crippen LogP contribution in [0.3, 0.4) is 0 Å². The van der Waals surface area contributed by atoms with Crippen LogP contribution in [0.5, 0.6) is 0 Å². The molecule has 0 spiro atoms. The van der Waals surface area contributed by atoms with E-state index in [0.29, 0.717) is 13.0 Å². The molecular weight excluding hydrogens is 205 g/mol. The Morgan fingerprint density at radius 1 is 1.44 bits per heavy atom. The zero-order valence-corrected chi connectivity index (χ0v) is 9.96. The minimum Gasteiger partial charge on any atom is -0.396 e. The maximum atomic E-state index is 13.1. The second-order valence-electron chi connectivity index (χ2n) is 4.46. The zero-order chi connectivity index (χ0) is 12.2. The first-order valence-corrected chi connectivity index (χ1v) is 5.63. The van der Waals surface area contributed by atoms with Gasteiger partial charge < -0.3 is 10.8 Å². The predicted molar refractivity (Wildman–Crippen MR) is 63.7 cm³/mol. The van der Waals surface area contributed by atoms with Crippen molar-refractivity contribution in [3.05, 3.63) is 35.1 Å². The van der Waals surface area contributed by atoms with Gasteiger partial charge in [-0.1, -0.05) is 13.0 Å². The Labute approximate surface area is 96.3 Å². The summed E-state index contributed by atoms with van der Waals surface area (Å²) in [6.07, 6.45) is 1.41. The van der Waals surface area contributed by atoms with Crippen molar-refractivity contribution in [1.82, 2.24) is 0 Å². The van der Waals surface area contributed by atoms with Crippen LogP contribution in [-0.2, 0) is 6.42 Å². The molecule has 1 aromatic rings. The number of hydrogen-bond donors (Lipinski definition) is 2. The summed E-state index contributed by atoms with van der Waals surface area (Å²) in [5, 5.41) is 9.42. The van der Waals surface area contributed by atoms with Crippen LogP contribution in [0, 0.1) is 18.2 Å². The molecule has 90 valence electrons. The van der Waals surface area contributed by atoms with Crippen molar-refractivity contribution in [2.45, 2.75) is 26.7 Å². The maximum Gasteiger partial charge on any atom is 0.123 e. The van der Waals surface area contributed by atoms with E-state index in [1.807, 2.05) is 13.8 Å². The zero-order valence-electron chi connectivity index (χ0n) is 9.96. The summed E-state index contributed by atoms with van der Waals surface area (Å²) < 4.78 is 13.1. The molecule has 16 heavy (non-hydrogen) atoms. The normalized spacial score (nSPS) is 14.8. The molecule has 1 rings (SSSR count). The average Bonchev–Trinajstić information content (AvgIpc) is 2.31. The molecule has 0 aliphatic rings. The van der Waals surface area contributed by atoms with Gasteiger partial charge in [-0.05, 0) is 43.0 Å². The van der Waals surface area contributed by atoms with Crippen LogP contribution in [0.4, 0.5) is 4.39 Å². The van der Waals surface area contributed by atoms with Crippen molar-refractivity contribution >= 4 is 0 Å². The lowest BCUT2D eigenvalue weighted by Crippen LogP contribution is -2.36. The first kappa shape index (κ1) is 13.1. The Hall–Kier alpha value is -0.930. The molecule has 0 amide bonds. The van der Waals surface area contributed by atoms with Gasteiger partial charge in [0.05, 0.1) is 6.61 Å². The summed E-state index contributed by atoms with van der Waals surface area (Å²) in [5.74, 6) is -0.236. The van der Waals surface area contributed by atoms with E-state index in [2.05, 4.69) is 0 Å². The molecule has 0 heterocycles. The second-order valence-corrected chi connectivity index (χ2v) is 4.46. The Morgan fingerprint density at radius 3 is 2.62 bits per heavy atom. The molecule has 2 nitrogen and oxygen atoms in total. The number of rotatable bonds is 5. The lowest BCUT2D eigenvalue weighted by atomic mass is 9.79. The van der Waals surface area contributed by atoms with Crippen LogP contribution in [0.15, 0.2) is 18.2 Å². The summed E-state index contributed by atoms with van der Waals surface area (Å²) >= 11 is 0. The van der Waals surface area contributed by atoms with Gasteiger partial charge in [0.2, 0.25) is 0 Å². The number of halogens is 1. The molecule has 3 heteroatoms. The van der Waals surface area contributed by atoms with E-state index in [1.165, 1.54) is 12.1 Å². The van der Waals surface area contributed by atoms with Crippen LogP contribution in [0.25, 0.3) is 0 Å². The summed E-state index contributed by atoms with van der Waals surface area (Å²) in [4.78, 5) is 0. The Balaban J connectivity index is 2.97. The monoisotopic (exact) mass is 225 g/mol. The largest absolute Gasteiger partial charge is 0.396 e. The van der Waals surface area contributed by atoms with Crippen molar-refractivity contribution in [1.29, 1.82) is 0 Å². The van der Waals surface area contributed by atoms with Crippen molar-refractivity contribution in [2.24, 2.45) is 11.1 Å². The van der Waals surface area contributed by atoms with Crippen molar-refractivity contribution in [2.75, 3.05) is 13.2 Å². The van der Waals surface area contributed by atoms with Gasteiger partial charge in [0.15, 0.2) is 0 Å². The number of nitrogens with two attached hydrogens (primary N) is 1. The highest BCUT2D eigenvalue weighted by atomic mass is 19.1. The fourth-order valence-electron chi connectivity index (χ4n) is 1.81. The Kier molecular flexibility index (Phi) is 4.44. The van der Waals surface area contributed by atoms with Crippen LogP contribution in [-0.4, -0.2) is 18.3 Å². The van der Waals surface area contributed by atoms with E-state index < -0.39 is 0 Å². The molecule has 1 unspecified atom stereocenters. The molecular formula is C13H20FNO.